The number of Topliss-reactive ketones (excluding diaryl/α,β-unsaturated/α-hetero) is 2. The second-order valence-corrected chi connectivity index (χ2v) is 5.39. The highest BCUT2D eigenvalue weighted by atomic mass is 16.2. The zero-order valence-electron chi connectivity index (χ0n) is 12.8. The first-order chi connectivity index (χ1) is 11.2. The fraction of sp³-hybridized carbons (Fsp3) is 0.0476. The van der Waals surface area contributed by atoms with E-state index >= 15 is 0 Å². The maximum atomic E-state index is 12.7. The van der Waals surface area contributed by atoms with E-state index in [2.05, 4.69) is 0 Å². The third kappa shape index (κ3) is 2.97. The number of ketones is 2. The molecule has 3 rings (SSSR count). The highest BCUT2D eigenvalue weighted by Crippen LogP contribution is 2.28. The Bertz CT molecular complexity index is 850. The molecule has 0 heterocycles. The average molecular weight is 300 g/mol. The molecule has 0 saturated carbocycles. The fourth-order valence-electron chi connectivity index (χ4n) is 2.69. The maximum absolute atomic E-state index is 12.7. The Balaban J connectivity index is 2.09. The van der Waals surface area contributed by atoms with Gasteiger partial charge in [-0.05, 0) is 23.6 Å². The van der Waals surface area contributed by atoms with Gasteiger partial charge in [-0.3, -0.25) is 9.59 Å². The molecule has 0 aliphatic heterocycles. The number of hydrogen-bond acceptors (Lipinski definition) is 2. The highest BCUT2D eigenvalue weighted by molar-refractivity contribution is 6.50. The van der Waals surface area contributed by atoms with Crippen LogP contribution in [0, 0.1) is 6.92 Å². The smallest absolute Gasteiger partial charge is 0.234 e. The van der Waals surface area contributed by atoms with Crippen molar-refractivity contribution in [2.75, 3.05) is 0 Å². The standard InChI is InChI=1S/C21H16O2/c1-15-9-8-14-18(19(15)16-10-4-2-5-11-16)21(23)20(22)17-12-6-3-7-13-17/h2-14H,1H3. The average Bonchev–Trinajstić information content (AvgIpc) is 2.61. The van der Waals surface area contributed by atoms with Gasteiger partial charge in [0, 0.05) is 11.1 Å². The second-order valence-electron chi connectivity index (χ2n) is 5.39. The van der Waals surface area contributed by atoms with Crippen LogP contribution in [0.5, 0.6) is 0 Å². The van der Waals surface area contributed by atoms with Crippen molar-refractivity contribution in [3.05, 3.63) is 95.6 Å². The lowest BCUT2D eigenvalue weighted by molar-refractivity contribution is 0.0817. The zero-order chi connectivity index (χ0) is 16.2. The summed E-state index contributed by atoms with van der Waals surface area (Å²) in [6.45, 7) is 1.95. The highest BCUT2D eigenvalue weighted by Gasteiger charge is 2.22. The van der Waals surface area contributed by atoms with E-state index in [0.717, 1.165) is 16.7 Å². The van der Waals surface area contributed by atoms with Crippen LogP contribution in [0.4, 0.5) is 0 Å². The minimum Gasteiger partial charge on any atom is -0.285 e. The molecule has 0 unspecified atom stereocenters. The Kier molecular flexibility index (Phi) is 4.15. The van der Waals surface area contributed by atoms with Gasteiger partial charge in [0.05, 0.1) is 0 Å². The van der Waals surface area contributed by atoms with E-state index in [0.29, 0.717) is 11.1 Å². The molecular formula is C21H16O2. The Labute approximate surface area is 135 Å². The molecule has 3 aromatic rings. The van der Waals surface area contributed by atoms with E-state index in [1.165, 1.54) is 0 Å². The summed E-state index contributed by atoms with van der Waals surface area (Å²) in [7, 11) is 0. The molecule has 0 aliphatic carbocycles. The lowest BCUT2D eigenvalue weighted by Gasteiger charge is -2.12. The van der Waals surface area contributed by atoms with Crippen molar-refractivity contribution in [1.82, 2.24) is 0 Å². The molecule has 0 bridgehead atoms. The molecule has 2 heteroatoms. The SMILES string of the molecule is Cc1cccc(C(=O)C(=O)c2ccccc2)c1-c1ccccc1. The predicted octanol–water partition coefficient (Wildman–Crippen LogP) is 4.73. The monoisotopic (exact) mass is 300 g/mol. The van der Waals surface area contributed by atoms with E-state index in [4.69, 9.17) is 0 Å². The van der Waals surface area contributed by atoms with E-state index in [1.54, 1.807) is 30.3 Å². The number of hydrogen-bond donors (Lipinski definition) is 0. The number of carbonyl (C=O) groups excluding carboxylic acids is 2. The Morgan fingerprint density at radius 2 is 1.26 bits per heavy atom. The number of aryl methyl sites for hydroxylation is 1. The summed E-state index contributed by atoms with van der Waals surface area (Å²) in [5.74, 6) is -0.952. The van der Waals surface area contributed by atoms with Crippen LogP contribution in [0.3, 0.4) is 0 Å². The fourth-order valence-corrected chi connectivity index (χ4v) is 2.69. The first kappa shape index (κ1) is 14.9. The molecule has 0 atom stereocenters. The molecule has 0 spiro atoms. The molecule has 0 radical (unpaired) electrons. The van der Waals surface area contributed by atoms with Crippen molar-refractivity contribution in [2.45, 2.75) is 6.92 Å². The van der Waals surface area contributed by atoms with Crippen molar-refractivity contribution in [1.29, 1.82) is 0 Å². The van der Waals surface area contributed by atoms with Gasteiger partial charge < -0.3 is 0 Å². The van der Waals surface area contributed by atoms with Gasteiger partial charge in [-0.15, -0.1) is 0 Å². The van der Waals surface area contributed by atoms with E-state index in [9.17, 15) is 9.59 Å². The van der Waals surface area contributed by atoms with E-state index in [1.807, 2.05) is 55.5 Å². The third-order valence-electron chi connectivity index (χ3n) is 3.82. The summed E-state index contributed by atoms with van der Waals surface area (Å²) < 4.78 is 0. The van der Waals surface area contributed by atoms with Crippen molar-refractivity contribution in [3.8, 4) is 11.1 Å². The molecule has 112 valence electrons. The quantitative estimate of drug-likeness (QED) is 0.516. The van der Waals surface area contributed by atoms with Gasteiger partial charge in [0.1, 0.15) is 0 Å². The topological polar surface area (TPSA) is 34.1 Å². The number of rotatable bonds is 4. The number of benzene rings is 3. The lowest BCUT2D eigenvalue weighted by atomic mass is 9.90. The van der Waals surface area contributed by atoms with Crippen LogP contribution >= 0.6 is 0 Å². The molecule has 0 aliphatic rings. The van der Waals surface area contributed by atoms with Gasteiger partial charge in [-0.2, -0.15) is 0 Å². The van der Waals surface area contributed by atoms with Gasteiger partial charge in [0.25, 0.3) is 0 Å². The first-order valence-electron chi connectivity index (χ1n) is 7.47. The van der Waals surface area contributed by atoms with Crippen LogP contribution in [-0.2, 0) is 0 Å². The molecule has 0 amide bonds. The maximum Gasteiger partial charge on any atom is 0.234 e. The molecule has 0 N–H and O–H groups in total. The molecule has 3 aromatic carbocycles. The molecular weight excluding hydrogens is 284 g/mol. The normalized spacial score (nSPS) is 10.3. The summed E-state index contributed by atoms with van der Waals surface area (Å²) >= 11 is 0. The van der Waals surface area contributed by atoms with Crippen molar-refractivity contribution >= 4 is 11.6 Å². The van der Waals surface area contributed by atoms with Crippen molar-refractivity contribution < 1.29 is 9.59 Å². The van der Waals surface area contributed by atoms with Gasteiger partial charge in [-0.1, -0.05) is 78.9 Å². The summed E-state index contributed by atoms with van der Waals surface area (Å²) in [6.07, 6.45) is 0. The van der Waals surface area contributed by atoms with Gasteiger partial charge >= 0.3 is 0 Å². The molecule has 0 aromatic heterocycles. The molecule has 2 nitrogen and oxygen atoms in total. The van der Waals surface area contributed by atoms with Gasteiger partial charge in [0.2, 0.25) is 11.6 Å². The Hall–Kier alpha value is -3.00. The summed E-state index contributed by atoms with van der Waals surface area (Å²) in [6, 6.07) is 23.8. The van der Waals surface area contributed by atoms with Gasteiger partial charge in [0.15, 0.2) is 0 Å². The van der Waals surface area contributed by atoms with Gasteiger partial charge in [-0.25, -0.2) is 0 Å². The van der Waals surface area contributed by atoms with Crippen LogP contribution < -0.4 is 0 Å². The van der Waals surface area contributed by atoms with E-state index < -0.39 is 11.6 Å². The molecule has 0 saturated heterocycles. The van der Waals surface area contributed by atoms with Crippen LogP contribution in [-0.4, -0.2) is 11.6 Å². The van der Waals surface area contributed by atoms with Crippen molar-refractivity contribution in [3.63, 3.8) is 0 Å². The van der Waals surface area contributed by atoms with Crippen LogP contribution in [0.1, 0.15) is 26.3 Å². The number of carbonyl (C=O) groups is 2. The van der Waals surface area contributed by atoms with Crippen LogP contribution in [0.2, 0.25) is 0 Å². The Morgan fingerprint density at radius 3 is 1.91 bits per heavy atom. The second kappa shape index (κ2) is 6.41. The first-order valence-corrected chi connectivity index (χ1v) is 7.47. The lowest BCUT2D eigenvalue weighted by Crippen LogP contribution is -2.15. The molecule has 23 heavy (non-hydrogen) atoms. The van der Waals surface area contributed by atoms with Crippen molar-refractivity contribution in [2.24, 2.45) is 0 Å². The minimum atomic E-state index is -0.478. The largest absolute Gasteiger partial charge is 0.285 e. The summed E-state index contributed by atoms with van der Waals surface area (Å²) in [5, 5.41) is 0. The van der Waals surface area contributed by atoms with E-state index in [-0.39, 0.29) is 0 Å². The minimum absolute atomic E-state index is 0.415. The third-order valence-corrected chi connectivity index (χ3v) is 3.82. The molecule has 0 fully saturated rings. The summed E-state index contributed by atoms with van der Waals surface area (Å²) in [5.41, 5.74) is 3.60. The predicted molar refractivity (Wildman–Crippen MR) is 91.7 cm³/mol. The zero-order valence-corrected chi connectivity index (χ0v) is 12.8. The summed E-state index contributed by atoms with van der Waals surface area (Å²) in [4.78, 5) is 25.2. The van der Waals surface area contributed by atoms with Crippen LogP contribution in [0.15, 0.2) is 78.9 Å². The Morgan fingerprint density at radius 1 is 0.652 bits per heavy atom. The van der Waals surface area contributed by atoms with Crippen LogP contribution in [0.25, 0.3) is 11.1 Å².